The van der Waals surface area contributed by atoms with E-state index in [1.807, 2.05) is 43.0 Å². The van der Waals surface area contributed by atoms with Crippen molar-refractivity contribution in [1.29, 1.82) is 0 Å². The first-order valence-electron chi connectivity index (χ1n) is 9.21. The molecule has 1 fully saturated rings. The van der Waals surface area contributed by atoms with Crippen molar-refractivity contribution in [3.8, 4) is 11.6 Å². The van der Waals surface area contributed by atoms with Crippen LogP contribution in [0.2, 0.25) is 0 Å². The summed E-state index contributed by atoms with van der Waals surface area (Å²) in [5.41, 5.74) is 5.78. The maximum absolute atomic E-state index is 9.67. The Morgan fingerprint density at radius 2 is 1.82 bits per heavy atom. The van der Waals surface area contributed by atoms with Crippen molar-refractivity contribution in [3.63, 3.8) is 0 Å². The van der Waals surface area contributed by atoms with Crippen LogP contribution in [0.5, 0.6) is 11.6 Å². The molecule has 0 spiro atoms. The standard InChI is InChI=1S/C20H27N5O3/c1-14-13-16(19(28-4)21-15(14)2)22-20(23-26)25-11-9-24(10-12-25)17-7-5-6-8-18(17)27-3/h5-8,13,26H,9-12H2,1-4H3,(H,22,23). The second-order valence-corrected chi connectivity index (χ2v) is 6.61. The summed E-state index contributed by atoms with van der Waals surface area (Å²) in [6, 6.07) is 9.89. The third-order valence-corrected chi connectivity index (χ3v) is 4.94. The van der Waals surface area contributed by atoms with Gasteiger partial charge in [-0.05, 0) is 37.6 Å². The molecular weight excluding hydrogens is 358 g/mol. The Morgan fingerprint density at radius 3 is 2.46 bits per heavy atom. The maximum atomic E-state index is 9.67. The van der Waals surface area contributed by atoms with E-state index >= 15 is 0 Å². The van der Waals surface area contributed by atoms with Gasteiger partial charge in [0.2, 0.25) is 11.8 Å². The quantitative estimate of drug-likeness (QED) is 0.475. The van der Waals surface area contributed by atoms with Crippen LogP contribution >= 0.6 is 0 Å². The number of ether oxygens (including phenoxy) is 2. The van der Waals surface area contributed by atoms with Crippen LogP contribution < -0.4 is 19.9 Å². The molecule has 1 saturated heterocycles. The molecule has 0 radical (unpaired) electrons. The van der Waals surface area contributed by atoms with Crippen LogP contribution in [0.25, 0.3) is 0 Å². The van der Waals surface area contributed by atoms with Crippen molar-refractivity contribution in [3.05, 3.63) is 41.6 Å². The second-order valence-electron chi connectivity index (χ2n) is 6.61. The predicted molar refractivity (Wildman–Crippen MR) is 109 cm³/mol. The number of hydrogen-bond donors (Lipinski definition) is 2. The number of guanidine groups is 1. The number of rotatable bonds is 4. The number of aliphatic imine (C=N–C) groups is 1. The average molecular weight is 385 g/mol. The monoisotopic (exact) mass is 385 g/mol. The highest BCUT2D eigenvalue weighted by Gasteiger charge is 2.22. The third-order valence-electron chi connectivity index (χ3n) is 4.94. The summed E-state index contributed by atoms with van der Waals surface area (Å²) in [5, 5.41) is 9.67. The number of piperazine rings is 1. The van der Waals surface area contributed by atoms with Gasteiger partial charge in [0.05, 0.1) is 19.9 Å². The average Bonchev–Trinajstić information content (AvgIpc) is 2.74. The molecule has 1 aromatic heterocycles. The Morgan fingerprint density at radius 1 is 1.11 bits per heavy atom. The molecule has 0 unspecified atom stereocenters. The van der Waals surface area contributed by atoms with E-state index in [-0.39, 0.29) is 0 Å². The van der Waals surface area contributed by atoms with E-state index in [0.717, 1.165) is 35.8 Å². The Kier molecular flexibility index (Phi) is 6.20. The van der Waals surface area contributed by atoms with Crippen molar-refractivity contribution >= 4 is 17.3 Å². The molecule has 3 rings (SSSR count). The molecule has 8 nitrogen and oxygen atoms in total. The highest BCUT2D eigenvalue weighted by atomic mass is 16.5. The summed E-state index contributed by atoms with van der Waals surface area (Å²) >= 11 is 0. The fourth-order valence-electron chi connectivity index (χ4n) is 3.23. The summed E-state index contributed by atoms with van der Waals surface area (Å²) in [4.78, 5) is 13.2. The molecule has 0 bridgehead atoms. The van der Waals surface area contributed by atoms with Crippen LogP contribution in [0.3, 0.4) is 0 Å². The summed E-state index contributed by atoms with van der Waals surface area (Å²) in [6.45, 7) is 6.86. The first kappa shape index (κ1) is 19.8. The van der Waals surface area contributed by atoms with Crippen LogP contribution in [0.4, 0.5) is 11.4 Å². The van der Waals surface area contributed by atoms with E-state index in [2.05, 4.69) is 26.4 Å². The number of methoxy groups -OCH3 is 2. The van der Waals surface area contributed by atoms with E-state index in [0.29, 0.717) is 30.6 Å². The van der Waals surface area contributed by atoms with Gasteiger partial charge in [0.1, 0.15) is 11.4 Å². The predicted octanol–water partition coefficient (Wildman–Crippen LogP) is 2.50. The summed E-state index contributed by atoms with van der Waals surface area (Å²) in [5.74, 6) is 1.67. The van der Waals surface area contributed by atoms with E-state index in [9.17, 15) is 5.21 Å². The van der Waals surface area contributed by atoms with E-state index in [4.69, 9.17) is 9.47 Å². The number of aromatic nitrogens is 1. The van der Waals surface area contributed by atoms with Crippen molar-refractivity contribution in [1.82, 2.24) is 15.4 Å². The molecule has 150 valence electrons. The molecule has 8 heteroatoms. The van der Waals surface area contributed by atoms with Crippen LogP contribution in [-0.4, -0.2) is 61.4 Å². The lowest BCUT2D eigenvalue weighted by Crippen LogP contribution is -2.52. The van der Waals surface area contributed by atoms with Gasteiger partial charge in [-0.3, -0.25) is 5.21 Å². The molecule has 1 aliphatic heterocycles. The van der Waals surface area contributed by atoms with Gasteiger partial charge in [0.15, 0.2) is 0 Å². The molecule has 2 N–H and O–H groups in total. The summed E-state index contributed by atoms with van der Waals surface area (Å²) in [6.07, 6.45) is 0. The highest BCUT2D eigenvalue weighted by Crippen LogP contribution is 2.29. The Hall–Kier alpha value is -3.00. The minimum Gasteiger partial charge on any atom is -0.495 e. The molecular formula is C20H27N5O3. The number of anilines is 1. The lowest BCUT2D eigenvalue weighted by atomic mass is 10.2. The minimum absolute atomic E-state index is 0.378. The number of hydroxylamine groups is 1. The van der Waals surface area contributed by atoms with E-state index in [1.165, 1.54) is 0 Å². The van der Waals surface area contributed by atoms with Crippen molar-refractivity contribution in [2.45, 2.75) is 13.8 Å². The Bertz CT molecular complexity index is 848. The van der Waals surface area contributed by atoms with Gasteiger partial charge in [-0.15, -0.1) is 0 Å². The van der Waals surface area contributed by atoms with Crippen molar-refractivity contribution in [2.75, 3.05) is 45.3 Å². The van der Waals surface area contributed by atoms with E-state index < -0.39 is 0 Å². The zero-order valence-corrected chi connectivity index (χ0v) is 16.8. The van der Waals surface area contributed by atoms with E-state index in [1.54, 1.807) is 14.2 Å². The molecule has 1 aliphatic rings. The Balaban J connectivity index is 1.77. The topological polar surface area (TPSA) is 82.5 Å². The lowest BCUT2D eigenvalue weighted by Gasteiger charge is -2.37. The largest absolute Gasteiger partial charge is 0.495 e. The van der Waals surface area contributed by atoms with Crippen LogP contribution in [0, 0.1) is 13.8 Å². The molecule has 0 atom stereocenters. The fourth-order valence-corrected chi connectivity index (χ4v) is 3.23. The molecule has 1 aromatic carbocycles. The number of para-hydroxylation sites is 2. The third kappa shape index (κ3) is 4.12. The second kappa shape index (κ2) is 8.79. The van der Waals surface area contributed by atoms with Gasteiger partial charge >= 0.3 is 0 Å². The van der Waals surface area contributed by atoms with Gasteiger partial charge in [0.25, 0.3) is 0 Å². The van der Waals surface area contributed by atoms with Gasteiger partial charge in [-0.2, -0.15) is 0 Å². The maximum Gasteiger partial charge on any atom is 0.240 e. The van der Waals surface area contributed by atoms with Crippen molar-refractivity contribution in [2.24, 2.45) is 4.99 Å². The smallest absolute Gasteiger partial charge is 0.240 e. The number of hydrogen-bond acceptors (Lipinski definition) is 6. The zero-order chi connectivity index (χ0) is 20.1. The van der Waals surface area contributed by atoms with Gasteiger partial charge in [-0.1, -0.05) is 12.1 Å². The number of benzene rings is 1. The Labute approximate surface area is 165 Å². The first-order chi connectivity index (χ1) is 13.6. The summed E-state index contributed by atoms with van der Waals surface area (Å²) in [7, 11) is 3.24. The normalized spacial score (nSPS) is 14.8. The van der Waals surface area contributed by atoms with Crippen molar-refractivity contribution < 1.29 is 14.7 Å². The molecule has 2 aromatic rings. The number of pyridine rings is 1. The van der Waals surface area contributed by atoms with Gasteiger partial charge in [0, 0.05) is 31.9 Å². The lowest BCUT2D eigenvalue weighted by molar-refractivity contribution is 0.207. The molecule has 0 amide bonds. The molecule has 28 heavy (non-hydrogen) atoms. The fraction of sp³-hybridized carbons (Fsp3) is 0.400. The zero-order valence-electron chi connectivity index (χ0n) is 16.8. The molecule has 2 heterocycles. The number of nitrogens with zero attached hydrogens (tertiary/aromatic N) is 4. The van der Waals surface area contributed by atoms with Crippen LogP contribution in [0.15, 0.2) is 35.3 Å². The minimum atomic E-state index is 0.378. The van der Waals surface area contributed by atoms with Gasteiger partial charge < -0.3 is 19.3 Å². The number of nitrogens with one attached hydrogen (secondary N) is 1. The highest BCUT2D eigenvalue weighted by molar-refractivity contribution is 5.83. The molecule has 0 saturated carbocycles. The van der Waals surface area contributed by atoms with Gasteiger partial charge in [-0.25, -0.2) is 15.5 Å². The summed E-state index contributed by atoms with van der Waals surface area (Å²) < 4.78 is 10.8. The molecule has 0 aliphatic carbocycles. The number of aryl methyl sites for hydroxylation is 2. The van der Waals surface area contributed by atoms with Crippen LogP contribution in [0.1, 0.15) is 11.3 Å². The first-order valence-corrected chi connectivity index (χ1v) is 9.21. The van der Waals surface area contributed by atoms with Crippen LogP contribution in [-0.2, 0) is 0 Å². The SMILES string of the molecule is COc1ccccc1N1CCN(C(=Nc2cc(C)c(C)nc2OC)NO)CC1.